The molecule has 0 fully saturated rings. The maximum absolute atomic E-state index is 12.4. The molecule has 1 rings (SSSR count). The summed E-state index contributed by atoms with van der Waals surface area (Å²) in [5.74, 6) is -0.644. The predicted octanol–water partition coefficient (Wildman–Crippen LogP) is -0.298. The van der Waals surface area contributed by atoms with Gasteiger partial charge in [-0.3, -0.25) is 4.98 Å². The Morgan fingerprint density at radius 1 is 1.50 bits per heavy atom. The van der Waals surface area contributed by atoms with Crippen molar-refractivity contribution in [2.75, 3.05) is 0 Å². The standard InChI is InChI=1S/C7H7BFNO2/c1-5(9)7-3-2-6(4-10-7)8(11)12/h2-4,11-12H,1H2. The van der Waals surface area contributed by atoms with Crippen molar-refractivity contribution >= 4 is 18.4 Å². The first-order valence-electron chi connectivity index (χ1n) is 3.28. The second-order valence-corrected chi connectivity index (χ2v) is 2.26. The molecule has 0 aliphatic rings. The van der Waals surface area contributed by atoms with Crippen LogP contribution in [0.2, 0.25) is 0 Å². The summed E-state index contributed by atoms with van der Waals surface area (Å²) in [6, 6.07) is 2.70. The SMILES string of the molecule is C=C(F)c1ccc(B(O)O)cn1. The Kier molecular flexibility index (Phi) is 2.57. The molecule has 5 heteroatoms. The Labute approximate surface area is 69.3 Å². The van der Waals surface area contributed by atoms with E-state index in [-0.39, 0.29) is 11.2 Å². The topological polar surface area (TPSA) is 53.4 Å². The first kappa shape index (κ1) is 8.90. The van der Waals surface area contributed by atoms with Crippen LogP contribution in [0.25, 0.3) is 5.83 Å². The molecule has 1 aromatic heterocycles. The Hall–Kier alpha value is -1.20. The molecule has 12 heavy (non-hydrogen) atoms. The van der Waals surface area contributed by atoms with Crippen molar-refractivity contribution in [3.05, 3.63) is 30.6 Å². The van der Waals surface area contributed by atoms with Gasteiger partial charge in [0.2, 0.25) is 0 Å². The molecule has 1 aromatic rings. The minimum Gasteiger partial charge on any atom is -0.423 e. The fourth-order valence-corrected chi connectivity index (χ4v) is 0.719. The molecule has 1 heterocycles. The van der Waals surface area contributed by atoms with Crippen LogP contribution >= 0.6 is 0 Å². The highest BCUT2D eigenvalue weighted by molar-refractivity contribution is 6.58. The third-order valence-electron chi connectivity index (χ3n) is 1.36. The molecule has 0 aliphatic heterocycles. The minimum absolute atomic E-state index is 0.0967. The summed E-state index contributed by atoms with van der Waals surface area (Å²) in [5, 5.41) is 17.3. The fourth-order valence-electron chi connectivity index (χ4n) is 0.719. The van der Waals surface area contributed by atoms with Gasteiger partial charge in [0.15, 0.2) is 0 Å². The Morgan fingerprint density at radius 2 is 2.17 bits per heavy atom. The molecule has 0 saturated heterocycles. The molecule has 0 spiro atoms. The summed E-state index contributed by atoms with van der Waals surface area (Å²) in [4.78, 5) is 3.60. The molecule has 3 nitrogen and oxygen atoms in total. The van der Waals surface area contributed by atoms with E-state index in [0.29, 0.717) is 0 Å². The minimum atomic E-state index is -1.57. The van der Waals surface area contributed by atoms with E-state index in [9.17, 15) is 4.39 Å². The van der Waals surface area contributed by atoms with E-state index in [2.05, 4.69) is 11.6 Å². The molecule has 0 unspecified atom stereocenters. The van der Waals surface area contributed by atoms with Crippen molar-refractivity contribution in [3.8, 4) is 0 Å². The molecular weight excluding hydrogens is 160 g/mol. The number of rotatable bonds is 2. The number of halogens is 1. The van der Waals surface area contributed by atoms with Gasteiger partial charge < -0.3 is 10.0 Å². The van der Waals surface area contributed by atoms with Gasteiger partial charge in [-0.1, -0.05) is 12.6 Å². The lowest BCUT2D eigenvalue weighted by Gasteiger charge is -1.98. The molecule has 62 valence electrons. The summed E-state index contributed by atoms with van der Waals surface area (Å²) in [6.45, 7) is 3.05. The molecule has 0 radical (unpaired) electrons. The van der Waals surface area contributed by atoms with E-state index in [1.165, 1.54) is 18.3 Å². The maximum Gasteiger partial charge on any atom is 0.490 e. The van der Waals surface area contributed by atoms with Gasteiger partial charge in [-0.15, -0.1) is 0 Å². The lowest BCUT2D eigenvalue weighted by Crippen LogP contribution is -2.30. The van der Waals surface area contributed by atoms with E-state index in [0.717, 1.165) is 0 Å². The quantitative estimate of drug-likeness (QED) is 0.594. The zero-order valence-electron chi connectivity index (χ0n) is 6.24. The van der Waals surface area contributed by atoms with Crippen LogP contribution in [0.5, 0.6) is 0 Å². The van der Waals surface area contributed by atoms with Crippen LogP contribution in [0.3, 0.4) is 0 Å². The number of pyridine rings is 1. The monoisotopic (exact) mass is 167 g/mol. The average molecular weight is 167 g/mol. The molecule has 0 aliphatic carbocycles. The van der Waals surface area contributed by atoms with Gasteiger partial charge in [0.1, 0.15) is 5.83 Å². The van der Waals surface area contributed by atoms with E-state index >= 15 is 0 Å². The largest absolute Gasteiger partial charge is 0.490 e. The van der Waals surface area contributed by atoms with Crippen LogP contribution in [-0.4, -0.2) is 22.2 Å². The van der Waals surface area contributed by atoms with Crippen molar-refractivity contribution < 1.29 is 14.4 Å². The molecule has 0 bridgehead atoms. The van der Waals surface area contributed by atoms with Crippen LogP contribution in [0.15, 0.2) is 24.9 Å². The third-order valence-corrected chi connectivity index (χ3v) is 1.36. The van der Waals surface area contributed by atoms with Crippen molar-refractivity contribution in [2.24, 2.45) is 0 Å². The molecule has 0 aromatic carbocycles. The first-order valence-corrected chi connectivity index (χ1v) is 3.28. The highest BCUT2D eigenvalue weighted by Gasteiger charge is 2.10. The average Bonchev–Trinajstić information content (AvgIpc) is 2.04. The number of hydrogen-bond acceptors (Lipinski definition) is 3. The Morgan fingerprint density at radius 3 is 2.50 bits per heavy atom. The van der Waals surface area contributed by atoms with Gasteiger partial charge in [0.05, 0.1) is 5.69 Å². The molecule has 0 atom stereocenters. The van der Waals surface area contributed by atoms with Crippen molar-refractivity contribution in [1.29, 1.82) is 0 Å². The van der Waals surface area contributed by atoms with Crippen molar-refractivity contribution in [3.63, 3.8) is 0 Å². The van der Waals surface area contributed by atoms with Gasteiger partial charge >= 0.3 is 7.12 Å². The summed E-state index contributed by atoms with van der Waals surface area (Å²) in [5.41, 5.74) is 0.319. The lowest BCUT2D eigenvalue weighted by molar-refractivity contribution is 0.425. The smallest absolute Gasteiger partial charge is 0.423 e. The van der Waals surface area contributed by atoms with E-state index in [1.54, 1.807) is 0 Å². The van der Waals surface area contributed by atoms with Crippen LogP contribution in [0, 0.1) is 0 Å². The predicted molar refractivity (Wildman–Crippen MR) is 44.2 cm³/mol. The number of aromatic nitrogens is 1. The van der Waals surface area contributed by atoms with E-state index < -0.39 is 12.9 Å². The summed E-state index contributed by atoms with van der Waals surface area (Å²) in [6.07, 6.45) is 1.19. The molecule has 0 saturated carbocycles. The van der Waals surface area contributed by atoms with Crippen LogP contribution in [-0.2, 0) is 0 Å². The number of nitrogens with zero attached hydrogens (tertiary/aromatic N) is 1. The highest BCUT2D eigenvalue weighted by atomic mass is 19.1. The fraction of sp³-hybridized carbons (Fsp3) is 0. The zero-order valence-corrected chi connectivity index (χ0v) is 6.24. The van der Waals surface area contributed by atoms with Crippen molar-refractivity contribution in [2.45, 2.75) is 0 Å². The molecular formula is C7H7BFNO2. The summed E-state index contributed by atoms with van der Waals surface area (Å²) < 4.78 is 12.4. The molecule has 0 amide bonds. The van der Waals surface area contributed by atoms with E-state index in [1.807, 2.05) is 0 Å². The first-order chi connectivity index (χ1) is 5.61. The number of hydrogen-bond donors (Lipinski definition) is 2. The normalized spacial score (nSPS) is 9.58. The van der Waals surface area contributed by atoms with Gasteiger partial charge in [-0.05, 0) is 6.07 Å². The lowest BCUT2D eigenvalue weighted by atomic mass is 9.82. The van der Waals surface area contributed by atoms with Gasteiger partial charge in [0, 0.05) is 11.7 Å². The van der Waals surface area contributed by atoms with Crippen molar-refractivity contribution in [1.82, 2.24) is 4.98 Å². The Balaban J connectivity index is 2.93. The zero-order chi connectivity index (χ0) is 9.14. The molecule has 2 N–H and O–H groups in total. The van der Waals surface area contributed by atoms with Gasteiger partial charge in [-0.2, -0.15) is 0 Å². The van der Waals surface area contributed by atoms with E-state index in [4.69, 9.17) is 10.0 Å². The second kappa shape index (κ2) is 3.47. The Bertz CT molecular complexity index is 286. The third kappa shape index (κ3) is 1.90. The van der Waals surface area contributed by atoms with Gasteiger partial charge in [-0.25, -0.2) is 4.39 Å². The van der Waals surface area contributed by atoms with Crippen LogP contribution < -0.4 is 5.46 Å². The van der Waals surface area contributed by atoms with Crippen LogP contribution in [0.4, 0.5) is 4.39 Å². The maximum atomic E-state index is 12.4. The van der Waals surface area contributed by atoms with Crippen LogP contribution in [0.1, 0.15) is 5.69 Å². The summed E-state index contributed by atoms with van der Waals surface area (Å²) in [7, 11) is -1.57. The highest BCUT2D eigenvalue weighted by Crippen LogP contribution is 2.07. The van der Waals surface area contributed by atoms with Gasteiger partial charge in [0.25, 0.3) is 0 Å². The summed E-state index contributed by atoms with van der Waals surface area (Å²) >= 11 is 0. The second-order valence-electron chi connectivity index (χ2n) is 2.26.